The second kappa shape index (κ2) is 6.32. The van der Waals surface area contributed by atoms with Crippen molar-refractivity contribution < 1.29 is 13.2 Å². The zero-order chi connectivity index (χ0) is 15.7. The predicted molar refractivity (Wildman–Crippen MR) is 88.1 cm³/mol. The van der Waals surface area contributed by atoms with Crippen molar-refractivity contribution in [1.29, 1.82) is 0 Å². The fourth-order valence-corrected chi connectivity index (χ4v) is 6.35. The summed E-state index contributed by atoms with van der Waals surface area (Å²) in [6.45, 7) is 0. The van der Waals surface area contributed by atoms with E-state index >= 15 is 0 Å². The number of carbonyl (C=O) groups excluding carboxylic acids is 1. The molecule has 2 aliphatic rings. The zero-order valence-corrected chi connectivity index (χ0v) is 14.6. The Morgan fingerprint density at radius 1 is 1.23 bits per heavy atom. The fraction of sp³-hybridized carbons (Fsp3) is 0.688. The summed E-state index contributed by atoms with van der Waals surface area (Å²) in [4.78, 5) is 14.5. The van der Waals surface area contributed by atoms with Crippen LogP contribution in [0.2, 0.25) is 0 Å². The molecule has 6 heteroatoms. The summed E-state index contributed by atoms with van der Waals surface area (Å²) in [7, 11) is -1.51. The first-order chi connectivity index (χ1) is 10.5. The third-order valence-corrected chi connectivity index (χ3v) is 8.19. The van der Waals surface area contributed by atoms with Crippen LogP contribution in [0.1, 0.15) is 55.3 Å². The molecule has 1 aromatic heterocycles. The fourth-order valence-electron chi connectivity index (χ4n) is 3.19. The maximum atomic E-state index is 12.7. The van der Waals surface area contributed by atoms with Crippen molar-refractivity contribution in [3.63, 3.8) is 0 Å². The van der Waals surface area contributed by atoms with Crippen LogP contribution in [0, 0.1) is 5.92 Å². The van der Waals surface area contributed by atoms with Crippen LogP contribution < -0.4 is 0 Å². The van der Waals surface area contributed by atoms with Crippen LogP contribution in [0.5, 0.6) is 0 Å². The van der Waals surface area contributed by atoms with Crippen LogP contribution in [0.4, 0.5) is 0 Å². The van der Waals surface area contributed by atoms with Gasteiger partial charge in [0.05, 0.1) is 11.3 Å². The van der Waals surface area contributed by atoms with E-state index in [0.29, 0.717) is 11.5 Å². The number of rotatable bonds is 5. The molecule has 0 aromatic carbocycles. The lowest BCUT2D eigenvalue weighted by atomic mass is 9.94. The van der Waals surface area contributed by atoms with Crippen LogP contribution in [0.3, 0.4) is 0 Å². The molecule has 0 spiro atoms. The second-order valence-electron chi connectivity index (χ2n) is 6.55. The summed E-state index contributed by atoms with van der Waals surface area (Å²) in [6.07, 6.45) is 7.58. The summed E-state index contributed by atoms with van der Waals surface area (Å²) < 4.78 is 25.3. The quantitative estimate of drug-likeness (QED) is 0.825. The van der Waals surface area contributed by atoms with Gasteiger partial charge in [0.25, 0.3) is 5.91 Å². The first kappa shape index (κ1) is 16.0. The van der Waals surface area contributed by atoms with Gasteiger partial charge in [0.2, 0.25) is 0 Å². The summed E-state index contributed by atoms with van der Waals surface area (Å²) in [5, 5.41) is 1.72. The minimum atomic E-state index is -3.32. The van der Waals surface area contributed by atoms with Crippen molar-refractivity contribution in [2.24, 2.45) is 5.92 Å². The average molecular weight is 341 g/mol. The molecule has 3 rings (SSSR count). The molecule has 2 saturated carbocycles. The largest absolute Gasteiger partial charge is 0.339 e. The predicted octanol–water partition coefficient (Wildman–Crippen LogP) is 3.34. The molecule has 4 nitrogen and oxygen atoms in total. The van der Waals surface area contributed by atoms with E-state index in [2.05, 4.69) is 0 Å². The highest BCUT2D eigenvalue weighted by Crippen LogP contribution is 2.35. The van der Waals surface area contributed by atoms with Gasteiger partial charge in [-0.2, -0.15) is 0 Å². The monoisotopic (exact) mass is 341 g/mol. The van der Waals surface area contributed by atoms with Gasteiger partial charge in [0, 0.05) is 13.1 Å². The van der Waals surface area contributed by atoms with E-state index in [1.807, 2.05) is 7.05 Å². The van der Waals surface area contributed by atoms with E-state index in [-0.39, 0.29) is 21.9 Å². The van der Waals surface area contributed by atoms with Gasteiger partial charge in [-0.1, -0.05) is 19.3 Å². The van der Waals surface area contributed by atoms with Crippen LogP contribution >= 0.6 is 11.3 Å². The molecular weight excluding hydrogens is 318 g/mol. The molecule has 2 fully saturated rings. The van der Waals surface area contributed by atoms with Crippen LogP contribution in [0.15, 0.2) is 15.7 Å². The van der Waals surface area contributed by atoms with Crippen LogP contribution in [-0.4, -0.2) is 38.1 Å². The molecule has 0 radical (unpaired) electrons. The number of amides is 1. The van der Waals surface area contributed by atoms with E-state index in [1.54, 1.807) is 16.3 Å². The van der Waals surface area contributed by atoms with Gasteiger partial charge < -0.3 is 4.90 Å². The SMILES string of the molecule is CN(C(=O)c1ccsc1S(=O)(=O)CC1CC1)C1CCCCC1. The normalized spacial score (nSPS) is 20.0. The van der Waals surface area contributed by atoms with Gasteiger partial charge in [0.15, 0.2) is 9.84 Å². The average Bonchev–Trinajstić information content (AvgIpc) is 3.17. The maximum absolute atomic E-state index is 12.7. The molecule has 1 heterocycles. The number of thiophene rings is 1. The molecule has 0 unspecified atom stereocenters. The molecule has 0 saturated heterocycles. The van der Waals surface area contributed by atoms with Gasteiger partial charge in [-0.3, -0.25) is 4.79 Å². The minimum Gasteiger partial charge on any atom is -0.339 e. The van der Waals surface area contributed by atoms with E-state index in [4.69, 9.17) is 0 Å². The van der Waals surface area contributed by atoms with E-state index in [9.17, 15) is 13.2 Å². The van der Waals surface area contributed by atoms with Crippen molar-refractivity contribution >= 4 is 27.1 Å². The van der Waals surface area contributed by atoms with Gasteiger partial charge >= 0.3 is 0 Å². The molecule has 22 heavy (non-hydrogen) atoms. The minimum absolute atomic E-state index is 0.137. The van der Waals surface area contributed by atoms with Crippen LogP contribution in [-0.2, 0) is 9.84 Å². The molecule has 0 N–H and O–H groups in total. The molecule has 0 bridgehead atoms. The van der Waals surface area contributed by atoms with Gasteiger partial charge in [-0.25, -0.2) is 8.42 Å². The van der Waals surface area contributed by atoms with E-state index in [1.165, 1.54) is 17.8 Å². The highest BCUT2D eigenvalue weighted by atomic mass is 32.2. The van der Waals surface area contributed by atoms with Gasteiger partial charge in [-0.05, 0) is 43.0 Å². The lowest BCUT2D eigenvalue weighted by Gasteiger charge is -2.31. The summed E-state index contributed by atoms with van der Waals surface area (Å²) in [6, 6.07) is 1.92. The Kier molecular flexibility index (Phi) is 4.59. The van der Waals surface area contributed by atoms with Crippen molar-refractivity contribution in [3.8, 4) is 0 Å². The number of carbonyl (C=O) groups is 1. The molecule has 0 atom stereocenters. The Balaban J connectivity index is 1.79. The first-order valence-electron chi connectivity index (χ1n) is 8.06. The van der Waals surface area contributed by atoms with Gasteiger partial charge in [-0.15, -0.1) is 11.3 Å². The van der Waals surface area contributed by atoms with E-state index < -0.39 is 9.84 Å². The highest BCUT2D eigenvalue weighted by Gasteiger charge is 2.33. The third-order valence-electron chi connectivity index (χ3n) is 4.74. The Bertz CT molecular complexity index is 640. The molecule has 0 aliphatic heterocycles. The highest BCUT2D eigenvalue weighted by molar-refractivity contribution is 7.93. The van der Waals surface area contributed by atoms with Crippen molar-refractivity contribution in [2.45, 2.75) is 55.2 Å². The molecule has 1 amide bonds. The lowest BCUT2D eigenvalue weighted by Crippen LogP contribution is -2.38. The van der Waals surface area contributed by atoms with Crippen molar-refractivity contribution in [1.82, 2.24) is 4.90 Å². The first-order valence-corrected chi connectivity index (χ1v) is 10.6. The topological polar surface area (TPSA) is 54.5 Å². The molecule has 122 valence electrons. The summed E-state index contributed by atoms with van der Waals surface area (Å²) >= 11 is 1.18. The molecular formula is C16H23NO3S2. The van der Waals surface area contributed by atoms with Crippen molar-refractivity contribution in [2.75, 3.05) is 12.8 Å². The zero-order valence-electron chi connectivity index (χ0n) is 13.0. The maximum Gasteiger partial charge on any atom is 0.256 e. The Hall–Kier alpha value is -0.880. The van der Waals surface area contributed by atoms with Gasteiger partial charge in [0.1, 0.15) is 4.21 Å². The van der Waals surface area contributed by atoms with Crippen molar-refractivity contribution in [3.05, 3.63) is 17.0 Å². The summed E-state index contributed by atoms with van der Waals surface area (Å²) in [5.41, 5.74) is 0.374. The number of hydrogen-bond acceptors (Lipinski definition) is 4. The van der Waals surface area contributed by atoms with Crippen LogP contribution in [0.25, 0.3) is 0 Å². The standard InChI is InChI=1S/C16H23NO3S2/c1-17(13-5-3-2-4-6-13)15(18)14-9-10-21-16(14)22(19,20)11-12-7-8-12/h9-10,12-13H,2-8,11H2,1H3. The Morgan fingerprint density at radius 3 is 2.55 bits per heavy atom. The number of hydrogen-bond donors (Lipinski definition) is 0. The molecule has 1 aromatic rings. The summed E-state index contributed by atoms with van der Waals surface area (Å²) in [5.74, 6) is 0.356. The Morgan fingerprint density at radius 2 is 1.91 bits per heavy atom. The lowest BCUT2D eigenvalue weighted by molar-refractivity contribution is 0.0693. The second-order valence-corrected chi connectivity index (χ2v) is 9.70. The smallest absolute Gasteiger partial charge is 0.256 e. The Labute approximate surface area is 136 Å². The number of sulfone groups is 1. The third kappa shape index (κ3) is 3.38. The van der Waals surface area contributed by atoms with E-state index in [0.717, 1.165) is 38.5 Å². The molecule has 2 aliphatic carbocycles. The number of nitrogens with zero attached hydrogens (tertiary/aromatic N) is 1.